The molecule has 1 amide bonds. The normalized spacial score (nSPS) is 17.9. The summed E-state index contributed by atoms with van der Waals surface area (Å²) in [5, 5.41) is 8.08. The average Bonchev–Trinajstić information content (AvgIpc) is 2.89. The van der Waals surface area contributed by atoms with E-state index in [1.807, 2.05) is 24.4 Å². The third-order valence-corrected chi connectivity index (χ3v) is 4.72. The Bertz CT molecular complexity index is 457. The van der Waals surface area contributed by atoms with Crippen molar-refractivity contribution in [3.63, 3.8) is 0 Å². The van der Waals surface area contributed by atoms with Gasteiger partial charge in [-0.15, -0.1) is 11.3 Å². The Morgan fingerprint density at radius 3 is 2.80 bits per heavy atom. The zero-order valence-electron chi connectivity index (χ0n) is 11.7. The number of carbonyl (C=O) groups is 2. The average molecular weight is 296 g/mol. The highest BCUT2D eigenvalue weighted by Crippen LogP contribution is 2.24. The molecule has 110 valence electrons. The molecular formula is C14H20N2O3S. The Morgan fingerprint density at radius 2 is 2.30 bits per heavy atom. The van der Waals surface area contributed by atoms with Crippen LogP contribution in [-0.4, -0.2) is 32.1 Å². The Labute approximate surface area is 122 Å². The van der Waals surface area contributed by atoms with Crippen LogP contribution in [0.5, 0.6) is 0 Å². The number of ether oxygens (including phenoxy) is 1. The van der Waals surface area contributed by atoms with Gasteiger partial charge in [-0.1, -0.05) is 13.0 Å². The molecule has 1 aliphatic rings. The maximum Gasteiger partial charge on any atom is 0.307 e. The van der Waals surface area contributed by atoms with Gasteiger partial charge in [0.05, 0.1) is 19.6 Å². The Hall–Kier alpha value is -1.40. The molecular weight excluding hydrogens is 276 g/mol. The highest BCUT2D eigenvalue weighted by molar-refractivity contribution is 7.10. The molecule has 0 bridgehead atoms. The van der Waals surface area contributed by atoms with Gasteiger partial charge >= 0.3 is 5.97 Å². The minimum absolute atomic E-state index is 0.00111. The van der Waals surface area contributed by atoms with Crippen molar-refractivity contribution in [2.24, 2.45) is 11.8 Å². The molecule has 1 aliphatic heterocycles. The fourth-order valence-electron chi connectivity index (χ4n) is 2.14. The van der Waals surface area contributed by atoms with Crippen molar-refractivity contribution in [1.29, 1.82) is 0 Å². The van der Waals surface area contributed by atoms with Crippen molar-refractivity contribution < 1.29 is 14.3 Å². The molecule has 0 aromatic carbocycles. The van der Waals surface area contributed by atoms with Gasteiger partial charge in [0, 0.05) is 10.8 Å². The quantitative estimate of drug-likeness (QED) is 0.777. The summed E-state index contributed by atoms with van der Waals surface area (Å²) in [5.74, 6) is 0.0222. The van der Waals surface area contributed by atoms with Gasteiger partial charge in [0.1, 0.15) is 0 Å². The second-order valence-electron chi connectivity index (χ2n) is 5.06. The van der Waals surface area contributed by atoms with Crippen molar-refractivity contribution in [3.8, 4) is 0 Å². The minimum atomic E-state index is -0.318. The van der Waals surface area contributed by atoms with Crippen LogP contribution >= 0.6 is 11.3 Å². The molecule has 0 saturated carbocycles. The van der Waals surface area contributed by atoms with Crippen LogP contribution < -0.4 is 10.6 Å². The number of thiophene rings is 1. The number of nitrogens with one attached hydrogen (secondary N) is 2. The van der Waals surface area contributed by atoms with Crippen LogP contribution in [0.3, 0.4) is 0 Å². The van der Waals surface area contributed by atoms with Crippen molar-refractivity contribution in [1.82, 2.24) is 10.6 Å². The third-order valence-electron chi connectivity index (χ3n) is 3.74. The zero-order chi connectivity index (χ0) is 14.5. The van der Waals surface area contributed by atoms with Gasteiger partial charge in [0.25, 0.3) is 0 Å². The number of amides is 1. The van der Waals surface area contributed by atoms with Crippen molar-refractivity contribution >= 4 is 23.2 Å². The topological polar surface area (TPSA) is 67.4 Å². The molecule has 0 aliphatic carbocycles. The van der Waals surface area contributed by atoms with Gasteiger partial charge in [-0.25, -0.2) is 0 Å². The molecule has 0 spiro atoms. The second-order valence-corrected chi connectivity index (χ2v) is 6.04. The Kier molecular flexibility index (Phi) is 5.14. The highest BCUT2D eigenvalue weighted by atomic mass is 32.1. The summed E-state index contributed by atoms with van der Waals surface area (Å²) in [4.78, 5) is 24.7. The van der Waals surface area contributed by atoms with Crippen LogP contribution in [0.15, 0.2) is 17.5 Å². The molecule has 2 heterocycles. The first kappa shape index (κ1) is 15.0. The van der Waals surface area contributed by atoms with Gasteiger partial charge in [-0.2, -0.15) is 0 Å². The maximum atomic E-state index is 12.3. The van der Waals surface area contributed by atoms with E-state index in [2.05, 4.69) is 10.6 Å². The molecule has 1 aromatic rings. The number of hydrogen-bond donors (Lipinski definition) is 2. The largest absolute Gasteiger partial charge is 0.469 e. The van der Waals surface area contributed by atoms with Crippen molar-refractivity contribution in [2.45, 2.75) is 19.4 Å². The lowest BCUT2D eigenvalue weighted by atomic mass is 9.88. The van der Waals surface area contributed by atoms with Crippen molar-refractivity contribution in [2.75, 3.05) is 20.2 Å². The smallest absolute Gasteiger partial charge is 0.307 e. The Balaban J connectivity index is 1.99. The van der Waals surface area contributed by atoms with E-state index in [0.717, 1.165) is 18.0 Å². The summed E-state index contributed by atoms with van der Waals surface area (Å²) in [6, 6.07) is 3.54. The molecule has 2 N–H and O–H groups in total. The first-order chi connectivity index (χ1) is 9.61. The minimum Gasteiger partial charge on any atom is -0.469 e. The molecule has 6 heteroatoms. The molecule has 5 nitrogen and oxygen atoms in total. The first-order valence-corrected chi connectivity index (χ1v) is 7.61. The summed E-state index contributed by atoms with van der Waals surface area (Å²) < 4.78 is 4.70. The van der Waals surface area contributed by atoms with Crippen LogP contribution in [-0.2, 0) is 14.3 Å². The number of hydrogen-bond acceptors (Lipinski definition) is 5. The molecule has 2 atom stereocenters. The summed E-state index contributed by atoms with van der Waals surface area (Å²) in [6.07, 6.45) is 0.165. The fraction of sp³-hybridized carbons (Fsp3) is 0.571. The lowest BCUT2D eigenvalue weighted by Gasteiger charge is -2.32. The van der Waals surface area contributed by atoms with Crippen molar-refractivity contribution in [3.05, 3.63) is 22.4 Å². The zero-order valence-corrected chi connectivity index (χ0v) is 12.5. The van der Waals surface area contributed by atoms with Crippen LogP contribution in [0.1, 0.15) is 24.3 Å². The van der Waals surface area contributed by atoms with E-state index in [0.29, 0.717) is 5.92 Å². The van der Waals surface area contributed by atoms with E-state index in [1.54, 1.807) is 0 Å². The van der Waals surface area contributed by atoms with Crippen LogP contribution in [0.25, 0.3) is 0 Å². The molecule has 2 unspecified atom stereocenters. The molecule has 1 aromatic heterocycles. The predicted molar refractivity (Wildman–Crippen MR) is 77.4 cm³/mol. The number of carbonyl (C=O) groups excluding carboxylic acids is 2. The highest BCUT2D eigenvalue weighted by Gasteiger charge is 2.30. The van der Waals surface area contributed by atoms with E-state index in [9.17, 15) is 9.59 Å². The van der Waals surface area contributed by atoms with E-state index in [4.69, 9.17) is 4.74 Å². The SMILES string of the molecule is COC(=O)CC(NC(=O)C(C)C1CNC1)c1cccs1. The molecule has 20 heavy (non-hydrogen) atoms. The number of methoxy groups -OCH3 is 1. The predicted octanol–water partition coefficient (Wildman–Crippen LogP) is 1.32. The van der Waals surface area contributed by atoms with Gasteiger partial charge in [0.2, 0.25) is 5.91 Å². The number of rotatable bonds is 6. The summed E-state index contributed by atoms with van der Waals surface area (Å²) >= 11 is 1.53. The van der Waals surface area contributed by atoms with Gasteiger partial charge < -0.3 is 15.4 Å². The third kappa shape index (κ3) is 3.58. The summed E-state index contributed by atoms with van der Waals surface area (Å²) in [5.41, 5.74) is 0. The lowest BCUT2D eigenvalue weighted by Crippen LogP contribution is -2.50. The van der Waals surface area contributed by atoms with Gasteiger partial charge in [-0.05, 0) is 30.5 Å². The number of esters is 1. The van der Waals surface area contributed by atoms with E-state index in [1.165, 1.54) is 18.4 Å². The maximum absolute atomic E-state index is 12.3. The first-order valence-electron chi connectivity index (χ1n) is 6.73. The monoisotopic (exact) mass is 296 g/mol. The standard InChI is InChI=1S/C14H20N2O3S/c1-9(10-7-15-8-10)14(18)16-11(6-13(17)19-2)12-4-3-5-20-12/h3-5,9-11,15H,6-8H2,1-2H3,(H,16,18). The Morgan fingerprint density at radius 1 is 1.55 bits per heavy atom. The molecule has 1 fully saturated rings. The molecule has 2 rings (SSSR count). The van der Waals surface area contributed by atoms with E-state index >= 15 is 0 Å². The fourth-order valence-corrected chi connectivity index (χ4v) is 2.92. The second kappa shape index (κ2) is 6.85. The molecule has 0 radical (unpaired) electrons. The summed E-state index contributed by atoms with van der Waals surface area (Å²) in [7, 11) is 1.36. The van der Waals surface area contributed by atoms with E-state index in [-0.39, 0.29) is 30.3 Å². The van der Waals surface area contributed by atoms with E-state index < -0.39 is 0 Å². The van der Waals surface area contributed by atoms with Crippen LogP contribution in [0, 0.1) is 11.8 Å². The van der Waals surface area contributed by atoms with Gasteiger partial charge in [-0.3, -0.25) is 9.59 Å². The van der Waals surface area contributed by atoms with Crippen LogP contribution in [0.4, 0.5) is 0 Å². The lowest BCUT2D eigenvalue weighted by molar-refractivity contribution is -0.141. The molecule has 1 saturated heterocycles. The van der Waals surface area contributed by atoms with Crippen LogP contribution in [0.2, 0.25) is 0 Å². The van der Waals surface area contributed by atoms with Gasteiger partial charge in [0.15, 0.2) is 0 Å². The summed E-state index contributed by atoms with van der Waals surface area (Å²) in [6.45, 7) is 3.70.